The lowest BCUT2D eigenvalue weighted by Gasteiger charge is -2.11. The maximum absolute atomic E-state index is 13.3. The van der Waals surface area contributed by atoms with Gasteiger partial charge in [-0.1, -0.05) is 22.0 Å². The van der Waals surface area contributed by atoms with Crippen molar-refractivity contribution in [3.63, 3.8) is 0 Å². The Morgan fingerprint density at radius 1 is 1.38 bits per heavy atom. The summed E-state index contributed by atoms with van der Waals surface area (Å²) in [6, 6.07) is 6.64. The lowest BCUT2D eigenvalue weighted by atomic mass is 10.2. The Kier molecular flexibility index (Phi) is 4.90. The number of anilines is 2. The molecule has 0 bridgehead atoms. The van der Waals surface area contributed by atoms with Gasteiger partial charge in [0.2, 0.25) is 0 Å². The first-order valence-electron chi connectivity index (χ1n) is 6.48. The predicted octanol–water partition coefficient (Wildman–Crippen LogP) is 3.98. The Balaban J connectivity index is 2.27. The molecule has 0 spiro atoms. The van der Waals surface area contributed by atoms with Crippen molar-refractivity contribution < 1.29 is 9.18 Å². The zero-order chi connectivity index (χ0) is 15.4. The smallest absolute Gasteiger partial charge is 0.259 e. The molecule has 2 aromatic rings. The van der Waals surface area contributed by atoms with Crippen LogP contribution in [0.4, 0.5) is 15.9 Å². The van der Waals surface area contributed by atoms with Gasteiger partial charge in [-0.25, -0.2) is 9.37 Å². The number of amides is 1. The number of hydrogen-bond donors (Lipinski definition) is 2. The van der Waals surface area contributed by atoms with Gasteiger partial charge in [0.1, 0.15) is 11.6 Å². The van der Waals surface area contributed by atoms with E-state index < -0.39 is 11.7 Å². The van der Waals surface area contributed by atoms with Crippen molar-refractivity contribution in [3.8, 4) is 0 Å². The van der Waals surface area contributed by atoms with Gasteiger partial charge in [0.05, 0.1) is 11.8 Å². The van der Waals surface area contributed by atoms with E-state index in [4.69, 9.17) is 0 Å². The largest absolute Gasteiger partial charge is 0.370 e. The second-order valence-electron chi connectivity index (χ2n) is 4.50. The van der Waals surface area contributed by atoms with Gasteiger partial charge in [-0.3, -0.25) is 4.79 Å². The van der Waals surface area contributed by atoms with E-state index in [-0.39, 0.29) is 5.56 Å². The van der Waals surface area contributed by atoms with Crippen LogP contribution in [0, 0.1) is 12.7 Å². The van der Waals surface area contributed by atoms with E-state index in [9.17, 15) is 9.18 Å². The molecule has 0 aliphatic carbocycles. The molecule has 0 fully saturated rings. The van der Waals surface area contributed by atoms with Crippen LogP contribution in [0.2, 0.25) is 0 Å². The summed E-state index contributed by atoms with van der Waals surface area (Å²) >= 11 is 3.41. The first-order chi connectivity index (χ1) is 10.0. The van der Waals surface area contributed by atoms with E-state index in [2.05, 4.69) is 31.5 Å². The highest BCUT2D eigenvalue weighted by Gasteiger charge is 2.14. The summed E-state index contributed by atoms with van der Waals surface area (Å²) in [5.74, 6) is -0.594. The quantitative estimate of drug-likeness (QED) is 0.875. The fourth-order valence-electron chi connectivity index (χ4n) is 1.79. The summed E-state index contributed by atoms with van der Waals surface area (Å²) in [7, 11) is 0. The first-order valence-corrected chi connectivity index (χ1v) is 7.27. The number of hydrogen-bond acceptors (Lipinski definition) is 3. The van der Waals surface area contributed by atoms with Crippen molar-refractivity contribution >= 4 is 33.3 Å². The zero-order valence-corrected chi connectivity index (χ0v) is 13.3. The van der Waals surface area contributed by atoms with E-state index in [1.54, 1.807) is 12.1 Å². The topological polar surface area (TPSA) is 54.0 Å². The van der Waals surface area contributed by atoms with Crippen molar-refractivity contribution in [2.75, 3.05) is 17.2 Å². The van der Waals surface area contributed by atoms with Gasteiger partial charge in [0.25, 0.3) is 5.91 Å². The number of aryl methyl sites for hydroxylation is 1. The lowest BCUT2D eigenvalue weighted by Crippen LogP contribution is -2.16. The number of benzene rings is 1. The molecule has 0 radical (unpaired) electrons. The number of nitrogens with zero attached hydrogens (tertiary/aromatic N) is 1. The molecule has 2 N–H and O–H groups in total. The fourth-order valence-corrected chi connectivity index (χ4v) is 2.17. The third-order valence-corrected chi connectivity index (χ3v) is 3.73. The normalized spacial score (nSPS) is 10.3. The molecular weight excluding hydrogens is 337 g/mol. The van der Waals surface area contributed by atoms with Crippen molar-refractivity contribution in [2.45, 2.75) is 13.8 Å². The third-order valence-electron chi connectivity index (χ3n) is 2.87. The highest BCUT2D eigenvalue weighted by Crippen LogP contribution is 2.22. The number of carbonyl (C=O) groups excluding carboxylic acids is 1. The minimum Gasteiger partial charge on any atom is -0.370 e. The van der Waals surface area contributed by atoms with Crippen LogP contribution in [0.1, 0.15) is 22.8 Å². The Labute approximate surface area is 130 Å². The standard InChI is InChI=1S/C15H15BrFN3O/c1-3-18-14-12(6-10(17)8-19-14)15(21)20-11-5-4-9(2)13(16)7-11/h4-8H,3H2,1-2H3,(H,18,19)(H,20,21). The lowest BCUT2D eigenvalue weighted by molar-refractivity contribution is 0.102. The minimum absolute atomic E-state index is 0.175. The maximum atomic E-state index is 13.3. The number of halogens is 2. The Bertz CT molecular complexity index is 676. The van der Waals surface area contributed by atoms with Crippen molar-refractivity contribution in [3.05, 3.63) is 51.9 Å². The molecule has 1 aromatic carbocycles. The van der Waals surface area contributed by atoms with Crippen molar-refractivity contribution in [1.82, 2.24) is 4.98 Å². The van der Waals surface area contributed by atoms with Crippen LogP contribution in [0.15, 0.2) is 34.9 Å². The number of aromatic nitrogens is 1. The van der Waals surface area contributed by atoms with Gasteiger partial charge >= 0.3 is 0 Å². The second kappa shape index (κ2) is 6.67. The van der Waals surface area contributed by atoms with Crippen LogP contribution in [0.5, 0.6) is 0 Å². The molecule has 6 heteroatoms. The molecule has 1 aromatic heterocycles. The third kappa shape index (κ3) is 3.78. The molecule has 1 heterocycles. The SMILES string of the molecule is CCNc1ncc(F)cc1C(=O)Nc1ccc(C)c(Br)c1. The average Bonchev–Trinajstić information content (AvgIpc) is 2.45. The summed E-state index contributed by atoms with van der Waals surface area (Å²) in [5.41, 5.74) is 1.87. The predicted molar refractivity (Wildman–Crippen MR) is 85.2 cm³/mol. The summed E-state index contributed by atoms with van der Waals surface area (Å²) in [6.45, 7) is 4.42. The number of rotatable bonds is 4. The van der Waals surface area contributed by atoms with Gasteiger partial charge in [0, 0.05) is 16.7 Å². The van der Waals surface area contributed by atoms with E-state index in [0.717, 1.165) is 16.2 Å². The molecule has 2 rings (SSSR count). The highest BCUT2D eigenvalue weighted by molar-refractivity contribution is 9.10. The van der Waals surface area contributed by atoms with E-state index >= 15 is 0 Å². The molecule has 0 saturated heterocycles. The van der Waals surface area contributed by atoms with Crippen LogP contribution in [0.3, 0.4) is 0 Å². The van der Waals surface area contributed by atoms with Gasteiger partial charge in [-0.2, -0.15) is 0 Å². The Morgan fingerprint density at radius 2 is 2.14 bits per heavy atom. The van der Waals surface area contributed by atoms with Gasteiger partial charge in [0.15, 0.2) is 0 Å². The van der Waals surface area contributed by atoms with Crippen LogP contribution in [0.25, 0.3) is 0 Å². The summed E-state index contributed by atoms with van der Waals surface area (Å²) in [5, 5.41) is 5.68. The van der Waals surface area contributed by atoms with Crippen LogP contribution in [-0.4, -0.2) is 17.4 Å². The second-order valence-corrected chi connectivity index (χ2v) is 5.35. The van der Waals surface area contributed by atoms with E-state index in [1.165, 1.54) is 6.07 Å². The number of pyridine rings is 1. The minimum atomic E-state index is -0.549. The Morgan fingerprint density at radius 3 is 2.81 bits per heavy atom. The van der Waals surface area contributed by atoms with Crippen LogP contribution < -0.4 is 10.6 Å². The zero-order valence-electron chi connectivity index (χ0n) is 11.7. The summed E-state index contributed by atoms with van der Waals surface area (Å²) in [4.78, 5) is 16.2. The molecule has 110 valence electrons. The van der Waals surface area contributed by atoms with Crippen LogP contribution >= 0.6 is 15.9 Å². The van der Waals surface area contributed by atoms with E-state index in [0.29, 0.717) is 18.1 Å². The molecule has 21 heavy (non-hydrogen) atoms. The maximum Gasteiger partial charge on any atom is 0.259 e. The summed E-state index contributed by atoms with van der Waals surface area (Å²) < 4.78 is 14.2. The number of nitrogens with one attached hydrogen (secondary N) is 2. The van der Waals surface area contributed by atoms with Gasteiger partial charge in [-0.15, -0.1) is 0 Å². The fraction of sp³-hybridized carbons (Fsp3) is 0.200. The molecule has 0 aliphatic rings. The molecule has 0 saturated carbocycles. The molecule has 1 amide bonds. The van der Waals surface area contributed by atoms with Crippen LogP contribution in [-0.2, 0) is 0 Å². The molecule has 4 nitrogen and oxygen atoms in total. The average molecular weight is 352 g/mol. The Hall–Kier alpha value is -1.95. The molecular formula is C15H15BrFN3O. The van der Waals surface area contributed by atoms with Gasteiger partial charge < -0.3 is 10.6 Å². The van der Waals surface area contributed by atoms with Gasteiger partial charge in [-0.05, 0) is 37.6 Å². The van der Waals surface area contributed by atoms with Crippen molar-refractivity contribution in [2.24, 2.45) is 0 Å². The monoisotopic (exact) mass is 351 g/mol. The van der Waals surface area contributed by atoms with Crippen molar-refractivity contribution in [1.29, 1.82) is 0 Å². The number of carbonyl (C=O) groups is 1. The molecule has 0 atom stereocenters. The highest BCUT2D eigenvalue weighted by atomic mass is 79.9. The molecule has 0 unspecified atom stereocenters. The molecule has 0 aliphatic heterocycles. The first kappa shape index (κ1) is 15.4. The summed E-state index contributed by atoms with van der Waals surface area (Å²) in [6.07, 6.45) is 1.08. The van der Waals surface area contributed by atoms with E-state index in [1.807, 2.05) is 19.9 Å².